The van der Waals surface area contributed by atoms with Crippen LogP contribution in [0, 0.1) is 0 Å². The number of fused-ring (bicyclic) bond motifs is 1. The van der Waals surface area contributed by atoms with Crippen molar-refractivity contribution in [2.75, 3.05) is 22.9 Å². The van der Waals surface area contributed by atoms with Crippen LogP contribution in [0.4, 0.5) is 24.5 Å². The van der Waals surface area contributed by atoms with Gasteiger partial charge in [0.2, 0.25) is 5.91 Å². The van der Waals surface area contributed by atoms with E-state index in [0.717, 1.165) is 60.7 Å². The van der Waals surface area contributed by atoms with Crippen molar-refractivity contribution in [3.8, 4) is 5.69 Å². The van der Waals surface area contributed by atoms with Crippen molar-refractivity contribution in [3.05, 3.63) is 101 Å². The minimum absolute atomic E-state index is 0.0192. The lowest BCUT2D eigenvalue weighted by Crippen LogP contribution is -2.28. The molecule has 2 aromatic heterocycles. The van der Waals surface area contributed by atoms with Gasteiger partial charge in [0.1, 0.15) is 0 Å². The number of unbranched alkanes of at least 4 members (excludes halogenated alkanes) is 1. The largest absolute Gasteiger partial charge is 0.416 e. The highest BCUT2D eigenvalue weighted by molar-refractivity contribution is 6.32. The van der Waals surface area contributed by atoms with Crippen molar-refractivity contribution in [1.29, 1.82) is 0 Å². The number of halogens is 4. The van der Waals surface area contributed by atoms with Crippen LogP contribution in [-0.2, 0) is 17.5 Å². The van der Waals surface area contributed by atoms with Crippen LogP contribution in [0.25, 0.3) is 5.69 Å². The highest BCUT2D eigenvalue weighted by Crippen LogP contribution is 2.41. The molecule has 2 aromatic carbocycles. The van der Waals surface area contributed by atoms with Gasteiger partial charge in [-0.3, -0.25) is 9.78 Å². The van der Waals surface area contributed by atoms with E-state index in [4.69, 9.17) is 11.6 Å². The fourth-order valence-corrected chi connectivity index (χ4v) is 5.42. The number of para-hydroxylation sites is 1. The molecular formula is C30H29ClF3N5O. The van der Waals surface area contributed by atoms with Gasteiger partial charge in [0, 0.05) is 25.0 Å². The molecule has 0 spiro atoms. The Balaban J connectivity index is 1.22. The van der Waals surface area contributed by atoms with Gasteiger partial charge in [-0.15, -0.1) is 0 Å². The summed E-state index contributed by atoms with van der Waals surface area (Å²) >= 11 is 6.47. The van der Waals surface area contributed by atoms with Crippen LogP contribution in [0.2, 0.25) is 5.15 Å². The molecule has 1 amide bonds. The zero-order valence-corrected chi connectivity index (χ0v) is 22.7. The second kappa shape index (κ2) is 11.7. The van der Waals surface area contributed by atoms with E-state index in [9.17, 15) is 18.0 Å². The number of rotatable bonds is 10. The number of pyridine rings is 1. The van der Waals surface area contributed by atoms with E-state index in [2.05, 4.69) is 21.9 Å². The van der Waals surface area contributed by atoms with Gasteiger partial charge >= 0.3 is 6.18 Å². The van der Waals surface area contributed by atoms with Crippen molar-refractivity contribution >= 4 is 28.9 Å². The number of nitrogens with zero attached hydrogens (tertiary/aromatic N) is 5. The molecule has 3 heterocycles. The minimum Gasteiger partial charge on any atom is -0.368 e. The summed E-state index contributed by atoms with van der Waals surface area (Å²) < 4.78 is 40.6. The van der Waals surface area contributed by atoms with Gasteiger partial charge in [0.25, 0.3) is 0 Å². The van der Waals surface area contributed by atoms with Crippen LogP contribution in [0.15, 0.2) is 79.3 Å². The number of hydrogen-bond acceptors (Lipinski definition) is 4. The molecule has 0 aliphatic carbocycles. The van der Waals surface area contributed by atoms with Crippen molar-refractivity contribution in [2.45, 2.75) is 44.8 Å². The number of hydrogen-bond donors (Lipinski definition) is 0. The average molecular weight is 568 g/mol. The summed E-state index contributed by atoms with van der Waals surface area (Å²) in [6.07, 6.45) is 3.30. The zero-order chi connectivity index (χ0) is 28.3. The Morgan fingerprint density at radius 1 is 1.02 bits per heavy atom. The number of alkyl halides is 3. The zero-order valence-electron chi connectivity index (χ0n) is 22.0. The maximum Gasteiger partial charge on any atom is 0.416 e. The molecule has 40 heavy (non-hydrogen) atoms. The number of carbonyl (C=O) groups is 1. The smallest absolute Gasteiger partial charge is 0.368 e. The Kier molecular flexibility index (Phi) is 8.12. The van der Waals surface area contributed by atoms with Gasteiger partial charge in [0.15, 0.2) is 5.15 Å². The fraction of sp³-hybridized carbons (Fsp3) is 0.300. The summed E-state index contributed by atoms with van der Waals surface area (Å²) in [5, 5.41) is 4.85. The van der Waals surface area contributed by atoms with E-state index < -0.39 is 11.7 Å². The van der Waals surface area contributed by atoms with Crippen LogP contribution in [0.3, 0.4) is 0 Å². The van der Waals surface area contributed by atoms with Crippen LogP contribution in [-0.4, -0.2) is 33.8 Å². The molecule has 0 radical (unpaired) electrons. The molecule has 1 aliphatic heterocycles. The normalized spacial score (nSPS) is 15.0. The molecule has 5 rings (SSSR count). The molecule has 6 nitrogen and oxygen atoms in total. The van der Waals surface area contributed by atoms with Gasteiger partial charge in [-0.1, -0.05) is 48.4 Å². The first-order chi connectivity index (χ1) is 19.3. The number of benzene rings is 2. The summed E-state index contributed by atoms with van der Waals surface area (Å²) in [7, 11) is 0. The lowest BCUT2D eigenvalue weighted by atomic mass is 9.95. The fourth-order valence-electron chi connectivity index (χ4n) is 5.17. The van der Waals surface area contributed by atoms with Crippen LogP contribution >= 0.6 is 11.6 Å². The van der Waals surface area contributed by atoms with Crippen molar-refractivity contribution in [2.24, 2.45) is 0 Å². The number of anilines is 2. The summed E-state index contributed by atoms with van der Waals surface area (Å²) in [5.74, 6) is -0.299. The maximum absolute atomic E-state index is 13.5. The molecule has 0 saturated heterocycles. The first-order valence-corrected chi connectivity index (χ1v) is 13.6. The van der Waals surface area contributed by atoms with E-state index in [1.165, 1.54) is 12.1 Å². The van der Waals surface area contributed by atoms with Gasteiger partial charge in [0.05, 0.1) is 41.8 Å². The third-order valence-corrected chi connectivity index (χ3v) is 7.51. The standard InChI is InChI=1S/C30H29ClF3N5O/c1-2-37(27-20-39(36-28(27)31)23-8-7-16-35-18-23)17-6-5-10-25-24-9-3-4-11-26(24)38(29(25)40)19-21-12-14-22(15-13-21)30(32,33)34/h3-4,7-9,11-16,18,20,25H,2,5-6,10,17,19H2,1H3. The van der Waals surface area contributed by atoms with Gasteiger partial charge in [-0.05, 0) is 61.2 Å². The van der Waals surface area contributed by atoms with Crippen LogP contribution < -0.4 is 9.80 Å². The molecule has 0 bridgehead atoms. The molecule has 1 aliphatic rings. The van der Waals surface area contributed by atoms with E-state index in [1.807, 2.05) is 42.6 Å². The van der Waals surface area contributed by atoms with Crippen molar-refractivity contribution in [1.82, 2.24) is 14.8 Å². The molecule has 0 fully saturated rings. The van der Waals surface area contributed by atoms with Crippen molar-refractivity contribution in [3.63, 3.8) is 0 Å². The summed E-state index contributed by atoms with van der Waals surface area (Å²) in [6.45, 7) is 3.80. The lowest BCUT2D eigenvalue weighted by Gasteiger charge is -2.22. The monoisotopic (exact) mass is 567 g/mol. The minimum atomic E-state index is -4.39. The Bertz CT molecular complexity index is 1460. The molecule has 208 valence electrons. The summed E-state index contributed by atoms with van der Waals surface area (Å²) in [5.41, 5.74) is 3.41. The highest BCUT2D eigenvalue weighted by Gasteiger charge is 2.36. The van der Waals surface area contributed by atoms with E-state index >= 15 is 0 Å². The maximum atomic E-state index is 13.5. The first-order valence-electron chi connectivity index (χ1n) is 13.2. The predicted octanol–water partition coefficient (Wildman–Crippen LogP) is 7.27. The number of amides is 1. The van der Waals surface area contributed by atoms with E-state index in [-0.39, 0.29) is 18.4 Å². The topological polar surface area (TPSA) is 54.3 Å². The van der Waals surface area contributed by atoms with Gasteiger partial charge in [-0.25, -0.2) is 4.68 Å². The SMILES string of the molecule is CCN(CCCCC1C(=O)N(Cc2ccc(C(F)(F)F)cc2)c2ccccc21)c1cn(-c2cccnc2)nc1Cl. The summed E-state index contributed by atoms with van der Waals surface area (Å²) in [6, 6.07) is 16.4. The molecule has 10 heteroatoms. The van der Waals surface area contributed by atoms with Crippen LogP contribution in [0.5, 0.6) is 0 Å². The number of aromatic nitrogens is 3. The third kappa shape index (κ3) is 5.84. The second-order valence-corrected chi connectivity index (χ2v) is 10.1. The Hall–Kier alpha value is -3.85. The molecule has 0 saturated carbocycles. The number of carbonyl (C=O) groups excluding carboxylic acids is 1. The Labute approximate surface area is 236 Å². The highest BCUT2D eigenvalue weighted by atomic mass is 35.5. The quantitative estimate of drug-likeness (QED) is 0.189. The third-order valence-electron chi connectivity index (χ3n) is 7.24. The second-order valence-electron chi connectivity index (χ2n) is 9.77. The Morgan fingerprint density at radius 2 is 1.80 bits per heavy atom. The molecule has 0 N–H and O–H groups in total. The van der Waals surface area contributed by atoms with Gasteiger partial charge < -0.3 is 9.80 Å². The molecule has 1 unspecified atom stereocenters. The van der Waals surface area contributed by atoms with Crippen LogP contribution in [0.1, 0.15) is 48.8 Å². The van der Waals surface area contributed by atoms with E-state index in [1.54, 1.807) is 22.0 Å². The lowest BCUT2D eigenvalue weighted by molar-refractivity contribution is -0.137. The Morgan fingerprint density at radius 3 is 2.50 bits per heavy atom. The first kappa shape index (κ1) is 27.7. The van der Waals surface area contributed by atoms with E-state index in [0.29, 0.717) is 17.1 Å². The summed E-state index contributed by atoms with van der Waals surface area (Å²) in [4.78, 5) is 21.5. The van der Waals surface area contributed by atoms with Gasteiger partial charge in [-0.2, -0.15) is 18.3 Å². The molecule has 4 aromatic rings. The molecule has 1 atom stereocenters. The predicted molar refractivity (Wildman–Crippen MR) is 150 cm³/mol. The average Bonchev–Trinajstić information content (AvgIpc) is 3.46. The van der Waals surface area contributed by atoms with Crippen molar-refractivity contribution < 1.29 is 18.0 Å². The molecular weight excluding hydrogens is 539 g/mol.